The lowest BCUT2D eigenvalue weighted by atomic mass is 9.79. The lowest BCUT2D eigenvalue weighted by molar-refractivity contribution is -0.114. The van der Waals surface area contributed by atoms with E-state index >= 15 is 0 Å². The highest BCUT2D eigenvalue weighted by Gasteiger charge is 2.38. The number of hydrogen-bond acceptors (Lipinski definition) is 1. The molecule has 0 N–H and O–H groups in total. The third-order valence-electron chi connectivity index (χ3n) is 2.28. The Balaban J connectivity index is 2.54. The Bertz CT molecular complexity index is 128. The van der Waals surface area contributed by atoms with Crippen molar-refractivity contribution in [3.05, 3.63) is 0 Å². The first-order valence-corrected chi connectivity index (χ1v) is 4.01. The topological polar surface area (TPSA) is 17.1 Å². The van der Waals surface area contributed by atoms with Gasteiger partial charge in [0.15, 0.2) is 0 Å². The number of carbonyl (C=O) groups is 1. The van der Waals surface area contributed by atoms with E-state index in [0.717, 1.165) is 6.29 Å². The number of hydrogen-bond donors (Lipinski definition) is 0. The van der Waals surface area contributed by atoms with Crippen molar-refractivity contribution in [2.24, 2.45) is 17.3 Å². The van der Waals surface area contributed by atoms with Crippen molar-refractivity contribution in [3.63, 3.8) is 0 Å². The smallest absolute Gasteiger partial charge is 0.123 e. The maximum absolute atomic E-state index is 10.6. The van der Waals surface area contributed by atoms with Gasteiger partial charge < -0.3 is 4.79 Å². The van der Waals surface area contributed by atoms with Gasteiger partial charge in [-0.3, -0.25) is 0 Å². The van der Waals surface area contributed by atoms with Crippen LogP contribution in [-0.2, 0) is 4.79 Å². The number of rotatable bonds is 2. The highest BCUT2D eigenvalue weighted by Crippen LogP contribution is 2.44. The van der Waals surface area contributed by atoms with Gasteiger partial charge in [-0.25, -0.2) is 0 Å². The zero-order valence-electron chi connectivity index (χ0n) is 7.05. The van der Waals surface area contributed by atoms with Crippen molar-refractivity contribution in [1.29, 1.82) is 0 Å². The van der Waals surface area contributed by atoms with E-state index in [2.05, 4.69) is 20.8 Å². The van der Waals surface area contributed by atoms with Crippen LogP contribution in [0.4, 0.5) is 0 Å². The quantitative estimate of drug-likeness (QED) is 0.538. The standard InChI is InChI=1S/C9H16O/c1-9(2,3)8(6-10)7-4-5-7/h6-8H,4-5H2,1-3H3. The summed E-state index contributed by atoms with van der Waals surface area (Å²) in [6, 6.07) is 0. The van der Waals surface area contributed by atoms with E-state index in [0.29, 0.717) is 11.8 Å². The fourth-order valence-corrected chi connectivity index (χ4v) is 1.48. The predicted octanol–water partition coefficient (Wildman–Crippen LogP) is 2.26. The molecule has 1 aliphatic carbocycles. The molecular weight excluding hydrogens is 124 g/mol. The molecule has 1 nitrogen and oxygen atoms in total. The second-order valence-electron chi connectivity index (χ2n) is 4.37. The summed E-state index contributed by atoms with van der Waals surface area (Å²) in [6.07, 6.45) is 3.67. The summed E-state index contributed by atoms with van der Waals surface area (Å²) in [5.41, 5.74) is 0.183. The zero-order valence-corrected chi connectivity index (χ0v) is 7.05. The normalized spacial score (nSPS) is 22.3. The van der Waals surface area contributed by atoms with Gasteiger partial charge in [0.05, 0.1) is 0 Å². The van der Waals surface area contributed by atoms with E-state index in [1.807, 2.05) is 0 Å². The molecule has 0 bridgehead atoms. The van der Waals surface area contributed by atoms with Crippen LogP contribution in [0.3, 0.4) is 0 Å². The third kappa shape index (κ3) is 1.59. The van der Waals surface area contributed by atoms with E-state index in [1.54, 1.807) is 0 Å². The van der Waals surface area contributed by atoms with Gasteiger partial charge in [-0.05, 0) is 24.2 Å². The van der Waals surface area contributed by atoms with Crippen molar-refractivity contribution in [3.8, 4) is 0 Å². The van der Waals surface area contributed by atoms with E-state index in [4.69, 9.17) is 0 Å². The van der Waals surface area contributed by atoms with Gasteiger partial charge in [-0.15, -0.1) is 0 Å². The van der Waals surface area contributed by atoms with Crippen molar-refractivity contribution in [2.45, 2.75) is 33.6 Å². The SMILES string of the molecule is CC(C)(C)C(C=O)C1CC1. The molecule has 1 unspecified atom stereocenters. The molecule has 0 aromatic heterocycles. The van der Waals surface area contributed by atoms with Crippen LogP contribution in [0.25, 0.3) is 0 Å². The Morgan fingerprint density at radius 3 is 2.00 bits per heavy atom. The lowest BCUT2D eigenvalue weighted by Gasteiger charge is -2.25. The first kappa shape index (κ1) is 7.77. The fraction of sp³-hybridized carbons (Fsp3) is 0.889. The van der Waals surface area contributed by atoms with Crippen LogP contribution in [0.1, 0.15) is 33.6 Å². The van der Waals surface area contributed by atoms with Crippen LogP contribution in [0, 0.1) is 17.3 Å². The molecule has 10 heavy (non-hydrogen) atoms. The molecule has 58 valence electrons. The summed E-state index contributed by atoms with van der Waals surface area (Å²) >= 11 is 0. The van der Waals surface area contributed by atoms with E-state index in [1.165, 1.54) is 12.8 Å². The Hall–Kier alpha value is -0.330. The summed E-state index contributed by atoms with van der Waals surface area (Å²) in [4.78, 5) is 10.6. The van der Waals surface area contributed by atoms with Gasteiger partial charge in [0.25, 0.3) is 0 Å². The molecule has 0 heterocycles. The van der Waals surface area contributed by atoms with Crippen molar-refractivity contribution in [2.75, 3.05) is 0 Å². The molecule has 1 saturated carbocycles. The predicted molar refractivity (Wildman–Crippen MR) is 41.7 cm³/mol. The summed E-state index contributed by atoms with van der Waals surface area (Å²) in [5, 5.41) is 0. The van der Waals surface area contributed by atoms with Crippen LogP contribution < -0.4 is 0 Å². The van der Waals surface area contributed by atoms with E-state index in [9.17, 15) is 4.79 Å². The Morgan fingerprint density at radius 1 is 1.40 bits per heavy atom. The van der Waals surface area contributed by atoms with Gasteiger partial charge in [-0.1, -0.05) is 20.8 Å². The zero-order chi connectivity index (χ0) is 7.78. The molecule has 1 aliphatic rings. The lowest BCUT2D eigenvalue weighted by Crippen LogP contribution is -2.23. The second-order valence-corrected chi connectivity index (χ2v) is 4.37. The van der Waals surface area contributed by atoms with Crippen molar-refractivity contribution < 1.29 is 4.79 Å². The molecule has 0 aromatic rings. The molecule has 0 amide bonds. The van der Waals surface area contributed by atoms with E-state index < -0.39 is 0 Å². The number of carbonyl (C=O) groups excluding carboxylic acids is 1. The average Bonchev–Trinajstić information content (AvgIpc) is 2.46. The molecule has 0 aliphatic heterocycles. The second kappa shape index (κ2) is 2.37. The molecule has 1 rings (SSSR count). The van der Waals surface area contributed by atoms with Crippen LogP contribution in [0.15, 0.2) is 0 Å². The van der Waals surface area contributed by atoms with Crippen LogP contribution in [0.5, 0.6) is 0 Å². The molecule has 1 atom stereocenters. The minimum absolute atomic E-state index is 0.183. The highest BCUT2D eigenvalue weighted by atomic mass is 16.1. The maximum Gasteiger partial charge on any atom is 0.123 e. The molecule has 1 heteroatoms. The van der Waals surface area contributed by atoms with Gasteiger partial charge in [0.1, 0.15) is 6.29 Å². The maximum atomic E-state index is 10.6. The summed E-state index contributed by atoms with van der Waals surface area (Å²) in [5.74, 6) is 1.00. The molecular formula is C9H16O. The summed E-state index contributed by atoms with van der Waals surface area (Å²) < 4.78 is 0. The monoisotopic (exact) mass is 140 g/mol. The van der Waals surface area contributed by atoms with Crippen LogP contribution in [0.2, 0.25) is 0 Å². The summed E-state index contributed by atoms with van der Waals surface area (Å²) in [7, 11) is 0. The fourth-order valence-electron chi connectivity index (χ4n) is 1.48. The van der Waals surface area contributed by atoms with Gasteiger partial charge in [0.2, 0.25) is 0 Å². The van der Waals surface area contributed by atoms with E-state index in [-0.39, 0.29) is 5.41 Å². The average molecular weight is 140 g/mol. The third-order valence-corrected chi connectivity index (χ3v) is 2.28. The largest absolute Gasteiger partial charge is 0.303 e. The Labute approximate surface area is 62.8 Å². The minimum Gasteiger partial charge on any atom is -0.303 e. The first-order chi connectivity index (χ1) is 4.55. The summed E-state index contributed by atoms with van der Waals surface area (Å²) in [6.45, 7) is 6.43. The van der Waals surface area contributed by atoms with Gasteiger partial charge >= 0.3 is 0 Å². The van der Waals surface area contributed by atoms with Crippen molar-refractivity contribution in [1.82, 2.24) is 0 Å². The van der Waals surface area contributed by atoms with Crippen molar-refractivity contribution >= 4 is 6.29 Å². The van der Waals surface area contributed by atoms with Gasteiger partial charge in [-0.2, -0.15) is 0 Å². The molecule has 1 fully saturated rings. The highest BCUT2D eigenvalue weighted by molar-refractivity contribution is 5.56. The number of aldehydes is 1. The van der Waals surface area contributed by atoms with Crippen LogP contribution >= 0.6 is 0 Å². The molecule has 0 aromatic carbocycles. The Morgan fingerprint density at radius 2 is 1.90 bits per heavy atom. The molecule has 0 spiro atoms. The molecule has 0 radical (unpaired) electrons. The van der Waals surface area contributed by atoms with Gasteiger partial charge in [0, 0.05) is 5.92 Å². The molecule has 0 saturated heterocycles. The minimum atomic E-state index is 0.183. The van der Waals surface area contributed by atoms with Crippen LogP contribution in [-0.4, -0.2) is 6.29 Å². The first-order valence-electron chi connectivity index (χ1n) is 4.01. The Kier molecular flexibility index (Phi) is 1.84.